The van der Waals surface area contributed by atoms with Gasteiger partial charge in [-0.3, -0.25) is 4.79 Å². The van der Waals surface area contributed by atoms with Gasteiger partial charge in [-0.2, -0.15) is 8.78 Å². The van der Waals surface area contributed by atoms with Gasteiger partial charge in [0.05, 0.1) is 20.3 Å². The van der Waals surface area contributed by atoms with Crippen molar-refractivity contribution in [3.8, 4) is 23.0 Å². The van der Waals surface area contributed by atoms with E-state index in [1.165, 1.54) is 25.3 Å². The van der Waals surface area contributed by atoms with Gasteiger partial charge in [-0.1, -0.05) is 0 Å². The lowest BCUT2D eigenvalue weighted by Crippen LogP contribution is -2.13. The second-order valence-corrected chi connectivity index (χ2v) is 5.23. The molecule has 6 nitrogen and oxygen atoms in total. The van der Waals surface area contributed by atoms with Gasteiger partial charge in [0.15, 0.2) is 23.0 Å². The zero-order chi connectivity index (χ0) is 19.8. The Labute approximate surface area is 156 Å². The molecule has 0 unspecified atom stereocenters. The standard InChI is InChI=1S/C19H21F2NO5/c1-4-25-14-9-7-13(11-16(14)24-3)22-18(23)12-6-8-15(27-19(20)21)17(10-12)26-5-2/h6-11,19H,4-5H2,1-3H3,(H,22,23). The average Bonchev–Trinajstić information content (AvgIpc) is 2.64. The Balaban J connectivity index is 2.21. The minimum absolute atomic E-state index is 0.0646. The Bertz CT molecular complexity index is 783. The number of nitrogens with one attached hydrogen (secondary N) is 1. The van der Waals surface area contributed by atoms with Crippen LogP contribution in [0.25, 0.3) is 0 Å². The minimum Gasteiger partial charge on any atom is -0.493 e. The SMILES string of the molecule is CCOc1ccc(NC(=O)c2ccc(OC(F)F)c(OCC)c2)cc1OC. The van der Waals surface area contributed by atoms with Gasteiger partial charge in [-0.15, -0.1) is 0 Å². The van der Waals surface area contributed by atoms with Crippen LogP contribution in [0, 0.1) is 0 Å². The van der Waals surface area contributed by atoms with E-state index in [4.69, 9.17) is 14.2 Å². The molecule has 0 saturated heterocycles. The predicted octanol–water partition coefficient (Wildman–Crippen LogP) is 4.35. The summed E-state index contributed by atoms with van der Waals surface area (Å²) in [4.78, 5) is 12.5. The number of carbonyl (C=O) groups is 1. The van der Waals surface area contributed by atoms with Crippen LogP contribution in [0.15, 0.2) is 36.4 Å². The summed E-state index contributed by atoms with van der Waals surface area (Å²) in [6.45, 7) is 1.29. The Morgan fingerprint density at radius 1 is 0.963 bits per heavy atom. The molecule has 1 amide bonds. The maximum atomic E-state index is 12.5. The van der Waals surface area contributed by atoms with Gasteiger partial charge in [-0.05, 0) is 44.2 Å². The van der Waals surface area contributed by atoms with Gasteiger partial charge in [-0.25, -0.2) is 0 Å². The highest BCUT2D eigenvalue weighted by Gasteiger charge is 2.15. The second kappa shape index (κ2) is 9.61. The van der Waals surface area contributed by atoms with E-state index in [9.17, 15) is 13.6 Å². The number of ether oxygens (including phenoxy) is 4. The van der Waals surface area contributed by atoms with Crippen molar-refractivity contribution in [3.63, 3.8) is 0 Å². The van der Waals surface area contributed by atoms with Crippen molar-refractivity contribution in [1.82, 2.24) is 0 Å². The molecular formula is C19H21F2NO5. The Hall–Kier alpha value is -3.03. The Kier molecular flexibility index (Phi) is 7.22. The van der Waals surface area contributed by atoms with Crippen molar-refractivity contribution in [2.75, 3.05) is 25.6 Å². The first-order chi connectivity index (χ1) is 13.0. The van der Waals surface area contributed by atoms with E-state index in [-0.39, 0.29) is 23.7 Å². The molecule has 2 aromatic carbocycles. The minimum atomic E-state index is -2.99. The summed E-state index contributed by atoms with van der Waals surface area (Å²) in [5.41, 5.74) is 0.721. The van der Waals surface area contributed by atoms with Crippen LogP contribution in [0.4, 0.5) is 14.5 Å². The van der Waals surface area contributed by atoms with Gasteiger partial charge in [0.2, 0.25) is 0 Å². The molecule has 0 spiro atoms. The van der Waals surface area contributed by atoms with Crippen LogP contribution in [-0.4, -0.2) is 32.8 Å². The molecular weight excluding hydrogens is 360 g/mol. The summed E-state index contributed by atoms with van der Waals surface area (Å²) in [5.74, 6) is 0.530. The Morgan fingerprint density at radius 3 is 2.26 bits per heavy atom. The number of rotatable bonds is 9. The molecule has 27 heavy (non-hydrogen) atoms. The quantitative estimate of drug-likeness (QED) is 0.700. The van der Waals surface area contributed by atoms with Crippen molar-refractivity contribution in [1.29, 1.82) is 0 Å². The van der Waals surface area contributed by atoms with Gasteiger partial charge in [0.25, 0.3) is 5.91 Å². The fourth-order valence-electron chi connectivity index (χ4n) is 2.33. The van der Waals surface area contributed by atoms with Gasteiger partial charge < -0.3 is 24.3 Å². The monoisotopic (exact) mass is 381 g/mol. The third-order valence-corrected chi connectivity index (χ3v) is 3.44. The van der Waals surface area contributed by atoms with E-state index in [0.717, 1.165) is 0 Å². The third kappa shape index (κ3) is 5.47. The first-order valence-electron chi connectivity index (χ1n) is 8.32. The van der Waals surface area contributed by atoms with Gasteiger partial charge in [0.1, 0.15) is 0 Å². The number of hydrogen-bond acceptors (Lipinski definition) is 5. The zero-order valence-electron chi connectivity index (χ0n) is 15.3. The molecule has 0 atom stereocenters. The van der Waals surface area contributed by atoms with E-state index in [1.807, 2.05) is 6.92 Å². The number of benzene rings is 2. The molecule has 0 aliphatic rings. The maximum absolute atomic E-state index is 12.5. The third-order valence-electron chi connectivity index (χ3n) is 3.44. The van der Waals surface area contributed by atoms with Crippen LogP contribution in [0.5, 0.6) is 23.0 Å². The highest BCUT2D eigenvalue weighted by Crippen LogP contribution is 2.32. The molecule has 0 heterocycles. The molecule has 0 aliphatic carbocycles. The highest BCUT2D eigenvalue weighted by atomic mass is 19.3. The van der Waals surface area contributed by atoms with Crippen molar-refractivity contribution in [2.24, 2.45) is 0 Å². The molecule has 2 aromatic rings. The second-order valence-electron chi connectivity index (χ2n) is 5.23. The summed E-state index contributed by atoms with van der Waals surface area (Å²) in [7, 11) is 1.50. The predicted molar refractivity (Wildman–Crippen MR) is 96.4 cm³/mol. The van der Waals surface area contributed by atoms with Crippen molar-refractivity contribution < 1.29 is 32.5 Å². The fraction of sp³-hybridized carbons (Fsp3) is 0.316. The molecule has 0 fully saturated rings. The summed E-state index contributed by atoms with van der Waals surface area (Å²) in [6.07, 6.45) is 0. The molecule has 0 bridgehead atoms. The van der Waals surface area contributed by atoms with Crippen LogP contribution in [-0.2, 0) is 0 Å². The maximum Gasteiger partial charge on any atom is 0.387 e. The summed E-state index contributed by atoms with van der Waals surface area (Å²) in [5, 5.41) is 2.71. The van der Waals surface area contributed by atoms with Crippen LogP contribution in [0.1, 0.15) is 24.2 Å². The molecule has 0 saturated carbocycles. The number of alkyl halides is 2. The zero-order valence-corrected chi connectivity index (χ0v) is 15.3. The normalized spacial score (nSPS) is 10.4. The van der Waals surface area contributed by atoms with E-state index in [0.29, 0.717) is 23.8 Å². The van der Waals surface area contributed by atoms with Crippen molar-refractivity contribution in [2.45, 2.75) is 20.5 Å². The number of amides is 1. The number of halogens is 2. The van der Waals surface area contributed by atoms with Crippen LogP contribution >= 0.6 is 0 Å². The van der Waals surface area contributed by atoms with Crippen molar-refractivity contribution in [3.05, 3.63) is 42.0 Å². The number of hydrogen-bond donors (Lipinski definition) is 1. The van der Waals surface area contributed by atoms with E-state index in [2.05, 4.69) is 10.1 Å². The van der Waals surface area contributed by atoms with E-state index in [1.54, 1.807) is 25.1 Å². The smallest absolute Gasteiger partial charge is 0.387 e. The first kappa shape index (κ1) is 20.3. The largest absolute Gasteiger partial charge is 0.493 e. The van der Waals surface area contributed by atoms with Crippen LogP contribution in [0.2, 0.25) is 0 Å². The molecule has 0 radical (unpaired) electrons. The van der Waals surface area contributed by atoms with Crippen molar-refractivity contribution >= 4 is 11.6 Å². The molecule has 0 aromatic heterocycles. The average molecular weight is 381 g/mol. The lowest BCUT2D eigenvalue weighted by atomic mass is 10.1. The Morgan fingerprint density at radius 2 is 1.63 bits per heavy atom. The first-order valence-corrected chi connectivity index (χ1v) is 8.32. The highest BCUT2D eigenvalue weighted by molar-refractivity contribution is 6.04. The lowest BCUT2D eigenvalue weighted by molar-refractivity contribution is -0.0514. The number of methoxy groups -OCH3 is 1. The summed E-state index contributed by atoms with van der Waals surface area (Å²) in [6, 6.07) is 8.97. The topological polar surface area (TPSA) is 66.0 Å². The van der Waals surface area contributed by atoms with Gasteiger partial charge in [0, 0.05) is 17.3 Å². The molecule has 146 valence electrons. The molecule has 2 rings (SSSR count). The fourth-order valence-corrected chi connectivity index (χ4v) is 2.33. The molecule has 1 N–H and O–H groups in total. The summed E-state index contributed by atoms with van der Waals surface area (Å²) < 4.78 is 45.3. The van der Waals surface area contributed by atoms with E-state index >= 15 is 0 Å². The number of carbonyl (C=O) groups excluding carboxylic acids is 1. The molecule has 8 heteroatoms. The number of anilines is 1. The lowest BCUT2D eigenvalue weighted by Gasteiger charge is -2.14. The molecule has 0 aliphatic heterocycles. The summed E-state index contributed by atoms with van der Waals surface area (Å²) >= 11 is 0. The van der Waals surface area contributed by atoms with E-state index < -0.39 is 12.5 Å². The van der Waals surface area contributed by atoms with Gasteiger partial charge >= 0.3 is 6.61 Å². The van der Waals surface area contributed by atoms with Crippen LogP contribution in [0.3, 0.4) is 0 Å². The van der Waals surface area contributed by atoms with Crippen LogP contribution < -0.4 is 24.3 Å².